The van der Waals surface area contributed by atoms with E-state index in [0.29, 0.717) is 5.41 Å². The topological polar surface area (TPSA) is 18.5 Å². The van der Waals surface area contributed by atoms with Gasteiger partial charge in [-0.1, -0.05) is 20.8 Å². The van der Waals surface area contributed by atoms with Crippen LogP contribution in [0.1, 0.15) is 33.6 Å². The summed E-state index contributed by atoms with van der Waals surface area (Å²) < 4.78 is 11.0. The number of ether oxygens (including phenoxy) is 2. The number of hydrogen-bond acceptors (Lipinski definition) is 2. The van der Waals surface area contributed by atoms with Gasteiger partial charge in [0.05, 0.1) is 17.6 Å². The molecule has 1 aliphatic carbocycles. The first-order valence-corrected chi connectivity index (χ1v) is 5.66. The molecule has 0 heterocycles. The fraction of sp³-hybridized carbons (Fsp3) is 1.00. The monoisotopic (exact) mass is 220 g/mol. The van der Waals surface area contributed by atoms with E-state index in [1.165, 1.54) is 0 Å². The first-order chi connectivity index (χ1) is 6.44. The Morgan fingerprint density at radius 3 is 2.43 bits per heavy atom. The van der Waals surface area contributed by atoms with Crippen molar-refractivity contribution in [2.24, 2.45) is 5.41 Å². The number of halogens is 1. The highest BCUT2D eigenvalue weighted by Gasteiger charge is 2.41. The molecule has 2 nitrogen and oxygen atoms in total. The first-order valence-electron chi connectivity index (χ1n) is 5.22. The predicted molar refractivity (Wildman–Crippen MR) is 58.9 cm³/mol. The summed E-state index contributed by atoms with van der Waals surface area (Å²) in [6, 6.07) is 0. The van der Waals surface area contributed by atoms with Crippen LogP contribution in [0.5, 0.6) is 0 Å². The zero-order chi connectivity index (χ0) is 10.8. The van der Waals surface area contributed by atoms with Crippen molar-refractivity contribution in [3.8, 4) is 0 Å². The van der Waals surface area contributed by atoms with Gasteiger partial charge in [-0.05, 0) is 18.3 Å². The summed E-state index contributed by atoms with van der Waals surface area (Å²) in [4.78, 5) is 0. The lowest BCUT2D eigenvalue weighted by atomic mass is 9.90. The van der Waals surface area contributed by atoms with Gasteiger partial charge in [0.15, 0.2) is 0 Å². The minimum Gasteiger partial charge on any atom is -0.377 e. The highest BCUT2D eigenvalue weighted by Crippen LogP contribution is 2.32. The minimum absolute atomic E-state index is 0.0941. The molecule has 0 spiro atoms. The van der Waals surface area contributed by atoms with Crippen LogP contribution < -0.4 is 0 Å². The molecule has 0 amide bonds. The van der Waals surface area contributed by atoms with Crippen LogP contribution in [0.4, 0.5) is 0 Å². The molecule has 0 radical (unpaired) electrons. The summed E-state index contributed by atoms with van der Waals surface area (Å²) >= 11 is 5.97. The van der Waals surface area contributed by atoms with Crippen molar-refractivity contribution in [2.45, 2.75) is 51.2 Å². The minimum atomic E-state index is 0.0941. The second kappa shape index (κ2) is 4.82. The molecule has 1 fully saturated rings. The van der Waals surface area contributed by atoms with Crippen molar-refractivity contribution < 1.29 is 9.47 Å². The van der Waals surface area contributed by atoms with Crippen molar-refractivity contribution in [3.05, 3.63) is 0 Å². The van der Waals surface area contributed by atoms with E-state index in [1.54, 1.807) is 7.11 Å². The average Bonchev–Trinajstić information content (AvgIpc) is 2.01. The molecule has 14 heavy (non-hydrogen) atoms. The molecule has 3 atom stereocenters. The summed E-state index contributed by atoms with van der Waals surface area (Å²) in [5.41, 5.74) is 0.340. The smallest absolute Gasteiger partial charge is 0.0997 e. The van der Waals surface area contributed by atoms with Gasteiger partial charge in [0.25, 0.3) is 0 Å². The van der Waals surface area contributed by atoms with E-state index in [-0.39, 0.29) is 17.6 Å². The van der Waals surface area contributed by atoms with Crippen LogP contribution in [-0.4, -0.2) is 31.3 Å². The number of rotatable bonds is 4. The second-order valence-corrected chi connectivity index (χ2v) is 5.73. The van der Waals surface area contributed by atoms with E-state index in [9.17, 15) is 0 Å². The molecule has 1 rings (SSSR count). The molecule has 0 aromatic carbocycles. The molecule has 84 valence electrons. The second-order valence-electron chi connectivity index (χ2n) is 5.17. The average molecular weight is 221 g/mol. The standard InChI is InChI=1S/C11H21ClO2/c1-11(2,3)5-6-14-9-7-8(12)10(9)13-4/h8-10H,5-7H2,1-4H3. The van der Waals surface area contributed by atoms with Gasteiger partial charge in [-0.15, -0.1) is 11.6 Å². The van der Waals surface area contributed by atoms with Crippen molar-refractivity contribution in [2.75, 3.05) is 13.7 Å². The Labute approximate surface area is 91.9 Å². The molecular formula is C11H21ClO2. The van der Waals surface area contributed by atoms with Crippen molar-refractivity contribution in [1.29, 1.82) is 0 Å². The van der Waals surface area contributed by atoms with Crippen LogP contribution in [0.25, 0.3) is 0 Å². The molecule has 0 saturated heterocycles. The van der Waals surface area contributed by atoms with Crippen molar-refractivity contribution >= 4 is 11.6 Å². The van der Waals surface area contributed by atoms with Gasteiger partial charge >= 0.3 is 0 Å². The molecule has 1 saturated carbocycles. The maximum Gasteiger partial charge on any atom is 0.0997 e. The number of methoxy groups -OCH3 is 1. The lowest BCUT2D eigenvalue weighted by molar-refractivity contribution is -0.113. The lowest BCUT2D eigenvalue weighted by Gasteiger charge is -2.40. The van der Waals surface area contributed by atoms with Gasteiger partial charge < -0.3 is 9.47 Å². The Morgan fingerprint density at radius 2 is 2.00 bits per heavy atom. The van der Waals surface area contributed by atoms with Gasteiger partial charge in [0.2, 0.25) is 0 Å². The molecule has 3 unspecified atom stereocenters. The Hall–Kier alpha value is 0.210. The Balaban J connectivity index is 2.14. The van der Waals surface area contributed by atoms with Crippen LogP contribution in [0.2, 0.25) is 0 Å². The summed E-state index contributed by atoms with van der Waals surface area (Å²) in [6.07, 6.45) is 2.30. The van der Waals surface area contributed by atoms with Gasteiger partial charge in [0.1, 0.15) is 0 Å². The predicted octanol–water partition coefficient (Wildman–Crippen LogP) is 2.83. The van der Waals surface area contributed by atoms with Crippen LogP contribution in [0, 0.1) is 5.41 Å². The Kier molecular flexibility index (Phi) is 4.23. The quantitative estimate of drug-likeness (QED) is 0.679. The summed E-state index contributed by atoms with van der Waals surface area (Å²) in [5, 5.41) is 0.139. The Bertz CT molecular complexity index is 177. The van der Waals surface area contributed by atoms with Crippen LogP contribution in [0.3, 0.4) is 0 Å². The third kappa shape index (κ3) is 3.41. The number of hydrogen-bond donors (Lipinski definition) is 0. The van der Waals surface area contributed by atoms with Gasteiger partial charge in [-0.25, -0.2) is 0 Å². The molecule has 0 aliphatic heterocycles. The zero-order valence-electron chi connectivity index (χ0n) is 9.55. The van der Waals surface area contributed by atoms with E-state index in [0.717, 1.165) is 19.4 Å². The van der Waals surface area contributed by atoms with Gasteiger partial charge in [-0.3, -0.25) is 0 Å². The van der Waals surface area contributed by atoms with Crippen LogP contribution in [-0.2, 0) is 9.47 Å². The molecule has 0 aromatic rings. The third-order valence-electron chi connectivity index (χ3n) is 2.64. The first kappa shape index (κ1) is 12.3. The van der Waals surface area contributed by atoms with E-state index >= 15 is 0 Å². The largest absolute Gasteiger partial charge is 0.377 e. The van der Waals surface area contributed by atoms with E-state index < -0.39 is 0 Å². The van der Waals surface area contributed by atoms with E-state index in [1.807, 2.05) is 0 Å². The molecule has 0 aromatic heterocycles. The van der Waals surface area contributed by atoms with Crippen molar-refractivity contribution in [3.63, 3.8) is 0 Å². The number of alkyl halides is 1. The fourth-order valence-corrected chi connectivity index (χ4v) is 1.95. The van der Waals surface area contributed by atoms with E-state index in [4.69, 9.17) is 21.1 Å². The van der Waals surface area contributed by atoms with Gasteiger partial charge in [-0.2, -0.15) is 0 Å². The molecule has 0 bridgehead atoms. The van der Waals surface area contributed by atoms with Crippen molar-refractivity contribution in [1.82, 2.24) is 0 Å². The van der Waals surface area contributed by atoms with Crippen LogP contribution in [0.15, 0.2) is 0 Å². The summed E-state index contributed by atoms with van der Waals surface area (Å²) in [5.74, 6) is 0. The zero-order valence-corrected chi connectivity index (χ0v) is 10.3. The molecular weight excluding hydrogens is 200 g/mol. The SMILES string of the molecule is COC1C(Cl)CC1OCCC(C)(C)C. The summed E-state index contributed by atoms with van der Waals surface area (Å²) in [6.45, 7) is 7.46. The highest BCUT2D eigenvalue weighted by molar-refractivity contribution is 6.21. The van der Waals surface area contributed by atoms with Gasteiger partial charge in [0, 0.05) is 13.7 Å². The molecule has 0 N–H and O–H groups in total. The van der Waals surface area contributed by atoms with E-state index in [2.05, 4.69) is 20.8 Å². The normalized spacial score (nSPS) is 32.8. The molecule has 3 heteroatoms. The Morgan fingerprint density at radius 1 is 1.36 bits per heavy atom. The third-order valence-corrected chi connectivity index (χ3v) is 3.06. The summed E-state index contributed by atoms with van der Waals surface area (Å²) in [7, 11) is 1.69. The van der Waals surface area contributed by atoms with Crippen LogP contribution >= 0.6 is 11.6 Å². The fourth-order valence-electron chi connectivity index (χ4n) is 1.51. The highest BCUT2D eigenvalue weighted by atomic mass is 35.5. The maximum atomic E-state index is 5.97. The lowest BCUT2D eigenvalue weighted by Crippen LogP contribution is -2.50. The molecule has 1 aliphatic rings. The maximum absolute atomic E-state index is 5.97.